The predicted molar refractivity (Wildman–Crippen MR) is 94.4 cm³/mol. The highest BCUT2D eigenvalue weighted by Crippen LogP contribution is 2.39. The second-order valence-electron chi connectivity index (χ2n) is 6.19. The number of rotatable bonds is 8. The number of methoxy groups -OCH3 is 2. The number of benzene rings is 1. The van der Waals surface area contributed by atoms with Gasteiger partial charge in [-0.1, -0.05) is 6.07 Å². The van der Waals surface area contributed by atoms with Crippen molar-refractivity contribution >= 4 is 18.0 Å². The molecule has 1 fully saturated rings. The Bertz CT molecular complexity index is 749. The zero-order valence-corrected chi connectivity index (χ0v) is 15.1. The van der Waals surface area contributed by atoms with Crippen molar-refractivity contribution in [2.75, 3.05) is 20.8 Å². The van der Waals surface area contributed by atoms with Crippen LogP contribution in [-0.2, 0) is 14.3 Å². The van der Waals surface area contributed by atoms with Crippen LogP contribution in [0.1, 0.15) is 25.3 Å². The Morgan fingerprint density at radius 1 is 1.31 bits per heavy atom. The van der Waals surface area contributed by atoms with Crippen LogP contribution in [-0.4, -0.2) is 38.2 Å². The summed E-state index contributed by atoms with van der Waals surface area (Å²) < 4.78 is 15.2. The van der Waals surface area contributed by atoms with Gasteiger partial charge in [0.25, 0.3) is 5.91 Å². The fraction of sp³-hybridized carbons (Fsp3) is 0.421. The fourth-order valence-corrected chi connectivity index (χ4v) is 2.51. The van der Waals surface area contributed by atoms with Crippen molar-refractivity contribution in [3.8, 4) is 17.6 Å². The van der Waals surface area contributed by atoms with Gasteiger partial charge in [-0.05, 0) is 49.5 Å². The third-order valence-corrected chi connectivity index (χ3v) is 4.19. The van der Waals surface area contributed by atoms with E-state index in [-0.39, 0.29) is 5.92 Å². The molecule has 1 saturated carbocycles. The van der Waals surface area contributed by atoms with Gasteiger partial charge in [-0.25, -0.2) is 4.79 Å². The molecule has 0 spiro atoms. The van der Waals surface area contributed by atoms with Crippen molar-refractivity contribution in [1.29, 1.82) is 5.26 Å². The summed E-state index contributed by atoms with van der Waals surface area (Å²) in [5, 5.41) is 11.8. The fourth-order valence-electron chi connectivity index (χ4n) is 2.51. The highest BCUT2D eigenvalue weighted by Gasteiger charge is 2.43. The lowest BCUT2D eigenvalue weighted by Gasteiger charge is -2.22. The molecule has 0 bridgehead atoms. The zero-order chi connectivity index (χ0) is 19.2. The zero-order valence-electron chi connectivity index (χ0n) is 15.1. The van der Waals surface area contributed by atoms with E-state index in [1.807, 2.05) is 0 Å². The molecule has 1 atom stereocenters. The van der Waals surface area contributed by atoms with E-state index >= 15 is 0 Å². The third-order valence-electron chi connectivity index (χ3n) is 4.19. The van der Waals surface area contributed by atoms with Gasteiger partial charge in [0.2, 0.25) is 0 Å². The monoisotopic (exact) mass is 358 g/mol. The Kier molecular flexibility index (Phi) is 6.23. The molecule has 0 saturated heterocycles. The Balaban J connectivity index is 1.85. The van der Waals surface area contributed by atoms with E-state index in [2.05, 4.69) is 11.4 Å². The minimum absolute atomic E-state index is 0.164. The van der Waals surface area contributed by atoms with Gasteiger partial charge in [-0.3, -0.25) is 4.79 Å². The Labute approximate surface area is 152 Å². The molecule has 0 radical (unpaired) electrons. The van der Waals surface area contributed by atoms with Gasteiger partial charge < -0.3 is 19.5 Å². The molecule has 2 rings (SSSR count). The molecule has 26 heavy (non-hydrogen) atoms. The van der Waals surface area contributed by atoms with Gasteiger partial charge >= 0.3 is 5.97 Å². The number of carbonyl (C=O) groups excluding carboxylic acids is 2. The van der Waals surface area contributed by atoms with Gasteiger partial charge in [0.05, 0.1) is 20.3 Å². The summed E-state index contributed by atoms with van der Waals surface area (Å²) in [5.74, 6) is 0.143. The molecule has 1 aromatic rings. The van der Waals surface area contributed by atoms with E-state index in [0.29, 0.717) is 11.5 Å². The molecule has 0 aliphatic heterocycles. The van der Waals surface area contributed by atoms with Gasteiger partial charge in [0.1, 0.15) is 5.54 Å². The largest absolute Gasteiger partial charge is 0.493 e. The lowest BCUT2D eigenvalue weighted by atomic mass is 9.98. The van der Waals surface area contributed by atoms with E-state index in [1.54, 1.807) is 31.2 Å². The summed E-state index contributed by atoms with van der Waals surface area (Å²) >= 11 is 0. The topological polar surface area (TPSA) is 97.6 Å². The molecular formula is C19H22N2O5. The number of nitrogens with zero attached hydrogens (tertiary/aromatic N) is 1. The molecule has 1 amide bonds. The maximum Gasteiger partial charge on any atom is 0.331 e. The maximum atomic E-state index is 11.9. The first-order chi connectivity index (χ1) is 12.4. The molecule has 0 unspecified atom stereocenters. The van der Waals surface area contributed by atoms with Crippen LogP contribution in [0.15, 0.2) is 24.3 Å². The van der Waals surface area contributed by atoms with Crippen LogP contribution >= 0.6 is 0 Å². The van der Waals surface area contributed by atoms with Crippen LogP contribution in [0.4, 0.5) is 0 Å². The summed E-state index contributed by atoms with van der Waals surface area (Å²) in [7, 11) is 3.06. The minimum atomic E-state index is -0.904. The number of nitrogens with one attached hydrogen (secondary N) is 1. The van der Waals surface area contributed by atoms with Crippen molar-refractivity contribution in [1.82, 2.24) is 5.32 Å². The van der Waals surface area contributed by atoms with E-state index in [4.69, 9.17) is 14.2 Å². The number of carbonyl (C=O) groups is 2. The maximum absolute atomic E-state index is 11.9. The third kappa shape index (κ3) is 4.99. The lowest BCUT2D eigenvalue weighted by Crippen LogP contribution is -2.48. The average Bonchev–Trinajstić information content (AvgIpc) is 3.50. The molecule has 0 aromatic heterocycles. The Morgan fingerprint density at radius 3 is 2.58 bits per heavy atom. The highest BCUT2D eigenvalue weighted by atomic mass is 16.5. The lowest BCUT2D eigenvalue weighted by molar-refractivity contribution is -0.144. The molecule has 138 valence electrons. The van der Waals surface area contributed by atoms with E-state index in [9.17, 15) is 14.9 Å². The van der Waals surface area contributed by atoms with E-state index in [1.165, 1.54) is 20.3 Å². The number of ether oxygens (including phenoxy) is 3. The summed E-state index contributed by atoms with van der Waals surface area (Å²) in [4.78, 5) is 23.7. The quantitative estimate of drug-likeness (QED) is 0.564. The molecule has 1 N–H and O–H groups in total. The van der Waals surface area contributed by atoms with Gasteiger partial charge in [0, 0.05) is 6.08 Å². The highest BCUT2D eigenvalue weighted by molar-refractivity contribution is 5.89. The van der Waals surface area contributed by atoms with Gasteiger partial charge in [0.15, 0.2) is 18.1 Å². The van der Waals surface area contributed by atoms with Crippen LogP contribution in [0.5, 0.6) is 11.5 Å². The Hall–Kier alpha value is -3.01. The van der Waals surface area contributed by atoms with Crippen molar-refractivity contribution in [3.05, 3.63) is 29.8 Å². The van der Waals surface area contributed by atoms with Crippen molar-refractivity contribution in [3.63, 3.8) is 0 Å². The van der Waals surface area contributed by atoms with Crippen molar-refractivity contribution in [2.24, 2.45) is 5.92 Å². The second-order valence-corrected chi connectivity index (χ2v) is 6.19. The van der Waals surface area contributed by atoms with Crippen LogP contribution in [0, 0.1) is 17.2 Å². The normalized spacial score (nSPS) is 15.6. The van der Waals surface area contributed by atoms with E-state index < -0.39 is 24.0 Å². The SMILES string of the molecule is COc1ccc(/C=C/C(=O)OCC(=O)N[C@@](C)(C#N)C2CC2)cc1OC. The summed E-state index contributed by atoms with van der Waals surface area (Å²) in [6, 6.07) is 7.30. The first-order valence-electron chi connectivity index (χ1n) is 8.21. The molecular weight excluding hydrogens is 336 g/mol. The number of nitriles is 1. The van der Waals surface area contributed by atoms with E-state index in [0.717, 1.165) is 18.4 Å². The standard InChI is InChI=1S/C19H22N2O5/c1-19(12-20,14-6-7-14)21-17(22)11-26-18(23)9-5-13-4-8-15(24-2)16(10-13)25-3/h4-5,8-10,14H,6-7,11H2,1-3H3,(H,21,22)/b9-5+/t19-/m0/s1. The molecule has 1 aliphatic carbocycles. The number of hydrogen-bond donors (Lipinski definition) is 1. The van der Waals surface area contributed by atoms with Gasteiger partial charge in [-0.2, -0.15) is 5.26 Å². The van der Waals surface area contributed by atoms with Crippen molar-refractivity contribution in [2.45, 2.75) is 25.3 Å². The smallest absolute Gasteiger partial charge is 0.331 e. The first kappa shape index (κ1) is 19.3. The number of hydrogen-bond acceptors (Lipinski definition) is 6. The van der Waals surface area contributed by atoms with Crippen LogP contribution in [0.3, 0.4) is 0 Å². The Morgan fingerprint density at radius 2 is 2.00 bits per heavy atom. The summed E-state index contributed by atoms with van der Waals surface area (Å²) in [6.45, 7) is 1.25. The average molecular weight is 358 g/mol. The first-order valence-corrected chi connectivity index (χ1v) is 8.21. The summed E-state index contributed by atoms with van der Waals surface area (Å²) in [6.07, 6.45) is 4.60. The van der Waals surface area contributed by atoms with Crippen LogP contribution in [0.25, 0.3) is 6.08 Å². The predicted octanol–water partition coefficient (Wildman–Crippen LogP) is 2.07. The number of amides is 1. The van der Waals surface area contributed by atoms with Gasteiger partial charge in [-0.15, -0.1) is 0 Å². The summed E-state index contributed by atoms with van der Waals surface area (Å²) in [5.41, 5.74) is -0.186. The number of esters is 1. The molecule has 7 nitrogen and oxygen atoms in total. The van der Waals surface area contributed by atoms with Crippen LogP contribution in [0.2, 0.25) is 0 Å². The molecule has 7 heteroatoms. The molecule has 1 aliphatic rings. The second kappa shape index (κ2) is 8.39. The molecule has 1 aromatic carbocycles. The minimum Gasteiger partial charge on any atom is -0.493 e. The van der Waals surface area contributed by atoms with Crippen LogP contribution < -0.4 is 14.8 Å². The van der Waals surface area contributed by atoms with Crippen molar-refractivity contribution < 1.29 is 23.8 Å². The molecule has 0 heterocycles.